The number of thiophene rings is 1. The second-order valence-electron chi connectivity index (χ2n) is 10.1. The molecule has 0 fully saturated rings. The molecule has 206 valence electrons. The van der Waals surface area contributed by atoms with Gasteiger partial charge in [0.15, 0.2) is 11.6 Å². The maximum atomic E-state index is 14.3. The van der Waals surface area contributed by atoms with Crippen molar-refractivity contribution in [1.29, 1.82) is 0 Å². The summed E-state index contributed by atoms with van der Waals surface area (Å²) in [6.07, 6.45) is 3.00. The quantitative estimate of drug-likeness (QED) is 0.256. The zero-order chi connectivity index (χ0) is 28.4. The van der Waals surface area contributed by atoms with Crippen molar-refractivity contribution in [2.45, 2.75) is 26.9 Å². The number of rotatable bonds is 8. The van der Waals surface area contributed by atoms with Crippen LogP contribution in [0, 0.1) is 11.2 Å². The second kappa shape index (κ2) is 11.1. The summed E-state index contributed by atoms with van der Waals surface area (Å²) in [6.45, 7) is 5.75. The van der Waals surface area contributed by atoms with Gasteiger partial charge in [-0.15, -0.1) is 11.3 Å². The van der Waals surface area contributed by atoms with Gasteiger partial charge in [-0.2, -0.15) is 0 Å². The number of nitrogen functional groups attached to an aromatic ring is 1. The lowest BCUT2D eigenvalue weighted by molar-refractivity contribution is 0.0304. The first-order valence-electron chi connectivity index (χ1n) is 12.0. The second-order valence-corrected chi connectivity index (χ2v) is 13.4. The van der Waals surface area contributed by atoms with Crippen LogP contribution in [0.25, 0.3) is 20.8 Å². The number of carbonyl (C=O) groups excluding carboxylic acids is 1. The highest BCUT2D eigenvalue weighted by Gasteiger charge is 2.30. The lowest BCUT2D eigenvalue weighted by atomic mass is 9.85. The van der Waals surface area contributed by atoms with Gasteiger partial charge in [0.25, 0.3) is 0 Å². The molecule has 1 aromatic carbocycles. The van der Waals surface area contributed by atoms with Crippen molar-refractivity contribution in [1.82, 2.24) is 15.3 Å². The third-order valence-corrected chi connectivity index (χ3v) is 7.75. The lowest BCUT2D eigenvalue weighted by Gasteiger charge is -2.30. The Kier molecular flexibility index (Phi) is 8.07. The van der Waals surface area contributed by atoms with Crippen molar-refractivity contribution in [3.8, 4) is 22.1 Å². The monoisotopic (exact) mass is 572 g/mol. The highest BCUT2D eigenvalue weighted by Crippen LogP contribution is 2.40. The largest absolute Gasteiger partial charge is 0.453 e. The van der Waals surface area contributed by atoms with Gasteiger partial charge < -0.3 is 20.5 Å². The predicted molar refractivity (Wildman–Crippen MR) is 150 cm³/mol. The molecule has 3 N–H and O–H groups in total. The number of anilines is 1. The number of hydrogen-bond acceptors (Lipinski definition) is 9. The Labute approximate surface area is 230 Å². The van der Waals surface area contributed by atoms with E-state index in [9.17, 15) is 17.6 Å². The van der Waals surface area contributed by atoms with Crippen LogP contribution in [-0.2, 0) is 14.6 Å². The molecule has 0 aliphatic carbocycles. The first kappa shape index (κ1) is 28.2. The highest BCUT2D eigenvalue weighted by atomic mass is 32.2. The van der Waals surface area contributed by atoms with Gasteiger partial charge in [-0.1, -0.05) is 26.8 Å². The summed E-state index contributed by atoms with van der Waals surface area (Å²) in [6, 6.07) is 11.4. The van der Waals surface area contributed by atoms with Gasteiger partial charge in [0, 0.05) is 54.0 Å². The fourth-order valence-corrected chi connectivity index (χ4v) is 5.29. The van der Waals surface area contributed by atoms with Crippen LogP contribution in [-0.4, -0.2) is 43.0 Å². The van der Waals surface area contributed by atoms with E-state index < -0.39 is 33.3 Å². The van der Waals surface area contributed by atoms with Crippen LogP contribution in [0.5, 0.6) is 11.5 Å². The van der Waals surface area contributed by atoms with Gasteiger partial charge in [-0.3, -0.25) is 9.97 Å². The Morgan fingerprint density at radius 3 is 2.54 bits per heavy atom. The number of nitrogens with two attached hydrogens (primary N) is 1. The van der Waals surface area contributed by atoms with Crippen molar-refractivity contribution < 1.29 is 27.1 Å². The summed E-state index contributed by atoms with van der Waals surface area (Å²) in [5.74, 6) is -0.222. The molecule has 1 atom stereocenters. The summed E-state index contributed by atoms with van der Waals surface area (Å²) in [5, 5.41) is 2.48. The molecule has 0 spiro atoms. The summed E-state index contributed by atoms with van der Waals surface area (Å²) >= 11 is 1.41. The van der Waals surface area contributed by atoms with Crippen LogP contribution >= 0.6 is 11.3 Å². The molecule has 12 heteroatoms. The van der Waals surface area contributed by atoms with Crippen molar-refractivity contribution in [2.24, 2.45) is 5.41 Å². The SMILES string of the molecule is CC(C)(C)C(OC(=O)NCCS(C)(=O)=O)c1ccc(-c2cc3nccc(Oc4ccc(N)cc4F)c3s2)nc1. The Hall–Kier alpha value is -3.77. The van der Waals surface area contributed by atoms with Crippen molar-refractivity contribution in [3.05, 3.63) is 66.2 Å². The minimum atomic E-state index is -3.20. The Bertz CT molecular complexity index is 1600. The maximum Gasteiger partial charge on any atom is 0.407 e. The maximum absolute atomic E-state index is 14.3. The zero-order valence-corrected chi connectivity index (χ0v) is 23.5. The number of benzene rings is 1. The third kappa shape index (κ3) is 7.21. The smallest absolute Gasteiger partial charge is 0.407 e. The van der Waals surface area contributed by atoms with E-state index in [4.69, 9.17) is 15.2 Å². The van der Waals surface area contributed by atoms with Crippen LogP contribution in [0.15, 0.2) is 54.9 Å². The molecule has 0 aliphatic rings. The standard InChI is InChI=1S/C27H29FN4O5S2/c1-27(2,3)25(37-26(33)31-11-12-39(4,34)35)16-5-7-19(32-15-16)23-14-20-24(38-23)22(9-10-30-20)36-21-8-6-17(29)13-18(21)28/h5-10,13-15,25H,11-12,29H2,1-4H3,(H,31,33). The number of hydrogen-bond donors (Lipinski definition) is 2. The molecule has 0 radical (unpaired) electrons. The first-order chi connectivity index (χ1) is 18.3. The van der Waals surface area contributed by atoms with Gasteiger partial charge in [0.1, 0.15) is 21.7 Å². The minimum Gasteiger partial charge on any atom is -0.453 e. The van der Waals surface area contributed by atoms with Gasteiger partial charge in [-0.25, -0.2) is 17.6 Å². The van der Waals surface area contributed by atoms with E-state index in [1.54, 1.807) is 24.5 Å². The molecule has 39 heavy (non-hydrogen) atoms. The number of aromatic nitrogens is 2. The fraction of sp³-hybridized carbons (Fsp3) is 0.296. The molecule has 9 nitrogen and oxygen atoms in total. The van der Waals surface area contributed by atoms with Crippen LogP contribution in [0.4, 0.5) is 14.9 Å². The highest BCUT2D eigenvalue weighted by molar-refractivity contribution is 7.90. The number of alkyl carbamates (subject to hydrolysis) is 1. The molecule has 3 heterocycles. The minimum absolute atomic E-state index is 0.0393. The van der Waals surface area contributed by atoms with Gasteiger partial charge >= 0.3 is 6.09 Å². The van der Waals surface area contributed by atoms with E-state index in [0.29, 0.717) is 28.2 Å². The molecule has 3 aromatic heterocycles. The van der Waals surface area contributed by atoms with Gasteiger partial charge in [0.05, 0.1) is 26.5 Å². The number of halogens is 1. The van der Waals surface area contributed by atoms with Crippen molar-refractivity contribution >= 4 is 43.2 Å². The molecule has 0 bridgehead atoms. The summed E-state index contributed by atoms with van der Waals surface area (Å²) in [7, 11) is -3.20. The van der Waals surface area contributed by atoms with E-state index in [2.05, 4.69) is 15.3 Å². The Balaban J connectivity index is 1.54. The number of pyridine rings is 2. The van der Waals surface area contributed by atoms with Crippen LogP contribution in [0.1, 0.15) is 32.4 Å². The third-order valence-electron chi connectivity index (χ3n) is 5.65. The Morgan fingerprint density at radius 1 is 1.13 bits per heavy atom. The number of fused-ring (bicyclic) bond motifs is 1. The average molecular weight is 573 g/mol. The number of carbonyl (C=O) groups is 1. The molecule has 0 saturated heterocycles. The van der Waals surface area contributed by atoms with Crippen molar-refractivity contribution in [2.75, 3.05) is 24.3 Å². The molecule has 4 aromatic rings. The van der Waals surface area contributed by atoms with Gasteiger partial charge in [0.2, 0.25) is 0 Å². The van der Waals surface area contributed by atoms with Crippen LogP contribution in [0.2, 0.25) is 0 Å². The molecule has 1 unspecified atom stereocenters. The zero-order valence-electron chi connectivity index (χ0n) is 21.9. The van der Waals surface area contributed by atoms with E-state index in [0.717, 1.165) is 15.8 Å². The summed E-state index contributed by atoms with van der Waals surface area (Å²) in [4.78, 5) is 22.2. The number of nitrogens with zero attached hydrogens (tertiary/aromatic N) is 2. The number of nitrogens with one attached hydrogen (secondary N) is 1. The molecule has 4 rings (SSSR count). The molecule has 0 saturated carbocycles. The average Bonchev–Trinajstić information content (AvgIpc) is 3.28. The topological polar surface area (TPSA) is 134 Å². The van der Waals surface area contributed by atoms with E-state index in [-0.39, 0.29) is 18.0 Å². The van der Waals surface area contributed by atoms with Crippen molar-refractivity contribution in [3.63, 3.8) is 0 Å². The molecule has 1 amide bonds. The fourth-order valence-electron chi connectivity index (χ4n) is 3.78. The Morgan fingerprint density at radius 2 is 1.90 bits per heavy atom. The predicted octanol–water partition coefficient (Wildman–Crippen LogP) is 5.73. The van der Waals surface area contributed by atoms with Gasteiger partial charge in [-0.05, 0) is 24.3 Å². The lowest BCUT2D eigenvalue weighted by Crippen LogP contribution is -2.33. The normalized spacial score (nSPS) is 12.7. The van der Waals surface area contributed by atoms with E-state index in [1.165, 1.54) is 23.5 Å². The van der Waals surface area contributed by atoms with Crippen LogP contribution < -0.4 is 15.8 Å². The summed E-state index contributed by atoms with van der Waals surface area (Å²) in [5.41, 5.74) is 7.52. The number of ether oxygens (including phenoxy) is 2. The molecule has 0 aliphatic heterocycles. The number of amides is 1. The molecular weight excluding hydrogens is 543 g/mol. The van der Waals surface area contributed by atoms with Crippen LogP contribution in [0.3, 0.4) is 0 Å². The van der Waals surface area contributed by atoms with E-state index in [1.807, 2.05) is 39.0 Å². The molecular formula is C27H29FN4O5S2. The number of sulfone groups is 1. The first-order valence-corrected chi connectivity index (χ1v) is 14.9. The summed E-state index contributed by atoms with van der Waals surface area (Å²) < 4.78 is 49.1. The van der Waals surface area contributed by atoms with E-state index >= 15 is 0 Å².